The number of fused-ring (bicyclic) bond motifs is 1. The summed E-state index contributed by atoms with van der Waals surface area (Å²) in [5.74, 6) is -7.97. The lowest BCUT2D eigenvalue weighted by Crippen LogP contribution is -2.43. The van der Waals surface area contributed by atoms with Crippen LogP contribution in [0.5, 0.6) is 0 Å². The molecule has 11 heteroatoms. The van der Waals surface area contributed by atoms with E-state index in [0.29, 0.717) is 11.0 Å². The van der Waals surface area contributed by atoms with Crippen molar-refractivity contribution in [2.75, 3.05) is 5.01 Å². The molecule has 0 saturated carbocycles. The maximum Gasteiger partial charge on any atom is 0.250 e. The van der Waals surface area contributed by atoms with Crippen LogP contribution in [0.1, 0.15) is 5.56 Å². The summed E-state index contributed by atoms with van der Waals surface area (Å²) in [6.45, 7) is 0. The van der Waals surface area contributed by atoms with Crippen LogP contribution >= 0.6 is 11.8 Å². The fraction of sp³-hybridized carbons (Fsp3) is 0.0667. The Bertz CT molecular complexity index is 984. The third-order valence-electron chi connectivity index (χ3n) is 3.32. The molecule has 138 valence electrons. The minimum atomic E-state index is -4.35. The average molecular weight is 408 g/mol. The van der Waals surface area contributed by atoms with Gasteiger partial charge in [0.25, 0.3) is 10.0 Å². The number of alkyl halides is 1. The predicted molar refractivity (Wildman–Crippen MR) is 87.0 cm³/mol. The van der Waals surface area contributed by atoms with Gasteiger partial charge in [-0.2, -0.15) is 0 Å². The molecule has 3 rings (SSSR count). The quantitative estimate of drug-likeness (QED) is 0.361. The maximum absolute atomic E-state index is 14.1. The van der Waals surface area contributed by atoms with E-state index in [9.17, 15) is 30.4 Å². The molecular formula is C15H9F5N2O2S2. The van der Waals surface area contributed by atoms with Crippen LogP contribution in [0.25, 0.3) is 6.08 Å². The molecule has 4 nitrogen and oxygen atoms in total. The van der Waals surface area contributed by atoms with Crippen molar-refractivity contribution in [3.63, 3.8) is 0 Å². The van der Waals surface area contributed by atoms with Gasteiger partial charge in [0, 0.05) is 5.41 Å². The summed E-state index contributed by atoms with van der Waals surface area (Å²) in [6.07, 6.45) is 1.18. The van der Waals surface area contributed by atoms with Crippen molar-refractivity contribution in [2.24, 2.45) is 0 Å². The Hall–Kier alpha value is -2.11. The summed E-state index contributed by atoms with van der Waals surface area (Å²) < 4.78 is 92.5. The van der Waals surface area contributed by atoms with Crippen molar-refractivity contribution in [2.45, 2.75) is 10.5 Å². The van der Waals surface area contributed by atoms with E-state index in [1.165, 1.54) is 6.08 Å². The normalized spacial score (nSPS) is 17.1. The second-order valence-electron chi connectivity index (χ2n) is 5.06. The first kappa shape index (κ1) is 18.7. The fourth-order valence-corrected chi connectivity index (χ4v) is 4.03. The number of hydrogen-bond acceptors (Lipinski definition) is 4. The molecule has 0 amide bonds. The summed E-state index contributed by atoms with van der Waals surface area (Å²) in [6, 6.07) is 8.21. The molecule has 2 aromatic rings. The monoisotopic (exact) mass is 408 g/mol. The number of hydrazine groups is 1. The summed E-state index contributed by atoms with van der Waals surface area (Å²) in [5, 5.41) is 0.761. The molecule has 1 heterocycles. The fourth-order valence-electron chi connectivity index (χ4n) is 2.16. The van der Waals surface area contributed by atoms with E-state index in [2.05, 4.69) is 0 Å². The Morgan fingerprint density at radius 3 is 2.27 bits per heavy atom. The number of sulfonamides is 1. The Morgan fingerprint density at radius 2 is 1.62 bits per heavy atom. The Kier molecular flexibility index (Phi) is 4.95. The van der Waals surface area contributed by atoms with Gasteiger partial charge in [0.1, 0.15) is 5.69 Å². The first-order chi connectivity index (χ1) is 12.2. The van der Waals surface area contributed by atoms with Crippen LogP contribution in [0.3, 0.4) is 0 Å². The van der Waals surface area contributed by atoms with Gasteiger partial charge < -0.3 is 0 Å². The highest BCUT2D eigenvalue weighted by atomic mass is 32.2. The predicted octanol–water partition coefficient (Wildman–Crippen LogP) is 3.91. The van der Waals surface area contributed by atoms with Gasteiger partial charge in [0.15, 0.2) is 23.3 Å². The van der Waals surface area contributed by atoms with Gasteiger partial charge in [0.2, 0.25) is 5.63 Å². The molecule has 2 aromatic carbocycles. The Morgan fingerprint density at radius 1 is 1.00 bits per heavy atom. The molecule has 1 aliphatic rings. The topological polar surface area (TPSA) is 49.4 Å². The van der Waals surface area contributed by atoms with Gasteiger partial charge in [-0.25, -0.2) is 35.4 Å². The van der Waals surface area contributed by atoms with E-state index in [-0.39, 0.29) is 16.8 Å². The summed E-state index contributed by atoms with van der Waals surface area (Å²) in [7, 11) is -4.35. The number of nitrogens with zero attached hydrogens (tertiary/aromatic N) is 1. The lowest BCUT2D eigenvalue weighted by atomic mass is 10.2. The highest BCUT2D eigenvalue weighted by Crippen LogP contribution is 2.47. The van der Waals surface area contributed by atoms with E-state index in [4.69, 9.17) is 0 Å². The molecule has 0 aliphatic carbocycles. The number of benzene rings is 2. The largest absolute Gasteiger partial charge is 0.250 e. The molecule has 0 aromatic heterocycles. The minimum Gasteiger partial charge on any atom is -0.248 e. The van der Waals surface area contributed by atoms with Crippen molar-refractivity contribution in [3.8, 4) is 0 Å². The van der Waals surface area contributed by atoms with E-state index >= 15 is 0 Å². The molecule has 0 saturated heterocycles. The van der Waals surface area contributed by atoms with E-state index in [1.807, 2.05) is 0 Å². The van der Waals surface area contributed by atoms with Crippen LogP contribution < -0.4 is 9.84 Å². The second-order valence-corrected chi connectivity index (χ2v) is 7.64. The van der Waals surface area contributed by atoms with Crippen LogP contribution in [-0.2, 0) is 10.0 Å². The van der Waals surface area contributed by atoms with Crippen LogP contribution in [0.15, 0.2) is 40.6 Å². The van der Waals surface area contributed by atoms with E-state index in [1.54, 1.807) is 35.2 Å². The second kappa shape index (κ2) is 6.89. The molecule has 1 unspecified atom stereocenters. The lowest BCUT2D eigenvalue weighted by molar-refractivity contribution is 0.390. The Labute approximate surface area is 149 Å². The van der Waals surface area contributed by atoms with Gasteiger partial charge in [-0.05, 0) is 11.6 Å². The summed E-state index contributed by atoms with van der Waals surface area (Å²) >= 11 is 0.00450. The van der Waals surface area contributed by atoms with Crippen LogP contribution in [0.2, 0.25) is 0 Å². The number of hydrogen-bond donors (Lipinski definition) is 1. The maximum atomic E-state index is 14.1. The third kappa shape index (κ3) is 3.41. The first-order valence-electron chi connectivity index (χ1n) is 6.93. The van der Waals surface area contributed by atoms with Gasteiger partial charge in [-0.3, -0.25) is 0 Å². The molecular weight excluding hydrogens is 399 g/mol. The summed E-state index contributed by atoms with van der Waals surface area (Å²) in [4.78, 5) is 0.802. The van der Waals surface area contributed by atoms with Crippen molar-refractivity contribution in [3.05, 3.63) is 64.6 Å². The molecule has 0 radical (unpaired) electrons. The standard InChI is InChI=1S/C15H9F5N2O2S2/c16-9-10(17)12(19)14-13(11(9)18)22(15(20)25-14)21-26(23,24)7-6-8-4-2-1-3-5-8/h1-7,15,21H/b7-6+. The molecule has 1 aliphatic heterocycles. The van der Waals surface area contributed by atoms with Gasteiger partial charge in [0.05, 0.1) is 4.90 Å². The first-order valence-corrected chi connectivity index (χ1v) is 9.35. The van der Waals surface area contributed by atoms with E-state index in [0.717, 1.165) is 0 Å². The molecule has 0 bridgehead atoms. The molecule has 0 spiro atoms. The molecule has 1 N–H and O–H groups in total. The number of halogens is 5. The summed E-state index contributed by atoms with van der Waals surface area (Å²) in [5.41, 5.74) is -2.87. The molecule has 26 heavy (non-hydrogen) atoms. The minimum absolute atomic E-state index is 0.00450. The number of nitrogens with one attached hydrogen (secondary N) is 1. The zero-order chi connectivity index (χ0) is 19.1. The highest BCUT2D eigenvalue weighted by molar-refractivity contribution is 8.00. The van der Waals surface area contributed by atoms with Gasteiger partial charge >= 0.3 is 0 Å². The number of anilines is 1. The molecule has 0 fully saturated rings. The van der Waals surface area contributed by atoms with Crippen LogP contribution in [0, 0.1) is 23.3 Å². The average Bonchev–Trinajstić information content (AvgIpc) is 2.93. The highest BCUT2D eigenvalue weighted by Gasteiger charge is 2.40. The Balaban J connectivity index is 1.94. The van der Waals surface area contributed by atoms with E-state index < -0.39 is 49.5 Å². The molecule has 1 atom stereocenters. The van der Waals surface area contributed by atoms with Crippen molar-refractivity contribution >= 4 is 33.5 Å². The van der Waals surface area contributed by atoms with Crippen LogP contribution in [-0.4, -0.2) is 14.0 Å². The van der Waals surface area contributed by atoms with Crippen molar-refractivity contribution < 1.29 is 30.4 Å². The zero-order valence-corrected chi connectivity index (χ0v) is 14.2. The third-order valence-corrected chi connectivity index (χ3v) is 5.28. The lowest BCUT2D eigenvalue weighted by Gasteiger charge is -2.21. The van der Waals surface area contributed by atoms with Gasteiger partial charge in [-0.1, -0.05) is 42.1 Å². The number of thioether (sulfide) groups is 1. The number of rotatable bonds is 4. The smallest absolute Gasteiger partial charge is 0.248 e. The van der Waals surface area contributed by atoms with Crippen LogP contribution in [0.4, 0.5) is 27.6 Å². The zero-order valence-electron chi connectivity index (χ0n) is 12.6. The van der Waals surface area contributed by atoms with Gasteiger partial charge in [-0.15, -0.1) is 4.83 Å². The van der Waals surface area contributed by atoms with Crippen molar-refractivity contribution in [1.29, 1.82) is 0 Å². The van der Waals surface area contributed by atoms with Crippen molar-refractivity contribution in [1.82, 2.24) is 4.83 Å². The SMILES string of the molecule is O=S(=O)(/C=C/c1ccccc1)NN1c2c(F)c(F)c(F)c(F)c2SC1F.